The summed E-state index contributed by atoms with van der Waals surface area (Å²) in [5.41, 5.74) is 1.07. The van der Waals surface area contributed by atoms with Crippen LogP contribution in [0.5, 0.6) is 5.75 Å². The van der Waals surface area contributed by atoms with Crippen molar-refractivity contribution in [2.24, 2.45) is 0 Å². The smallest absolute Gasteiger partial charge is 0.140 e. The number of aryl methyl sites for hydroxylation is 1. The van der Waals surface area contributed by atoms with Crippen LogP contribution in [0.4, 0.5) is 4.39 Å². The molecule has 3 rings (SSSR count). The van der Waals surface area contributed by atoms with Crippen LogP contribution in [0, 0.1) is 12.7 Å². The van der Waals surface area contributed by atoms with Gasteiger partial charge in [-0.1, -0.05) is 0 Å². The first-order valence-corrected chi connectivity index (χ1v) is 7.59. The number of aromatic nitrogens is 1. The van der Waals surface area contributed by atoms with Crippen LogP contribution in [-0.2, 0) is 13.2 Å². The Morgan fingerprint density at radius 3 is 2.80 bits per heavy atom. The van der Waals surface area contributed by atoms with Crippen molar-refractivity contribution in [2.45, 2.75) is 39.0 Å². The van der Waals surface area contributed by atoms with Crippen molar-refractivity contribution >= 4 is 11.3 Å². The Labute approximate surface area is 121 Å². The maximum absolute atomic E-state index is 12.8. The molecule has 0 bridgehead atoms. The topological polar surface area (TPSA) is 34.1 Å². The van der Waals surface area contributed by atoms with E-state index < -0.39 is 0 Å². The van der Waals surface area contributed by atoms with E-state index in [1.54, 1.807) is 23.5 Å². The molecule has 5 heteroatoms. The average molecular weight is 292 g/mol. The Bertz CT molecular complexity index is 578. The van der Waals surface area contributed by atoms with Gasteiger partial charge in [0.25, 0.3) is 0 Å². The fourth-order valence-electron chi connectivity index (χ4n) is 1.91. The molecule has 0 spiro atoms. The summed E-state index contributed by atoms with van der Waals surface area (Å²) < 4.78 is 18.4. The first-order chi connectivity index (χ1) is 9.70. The number of nitrogens with one attached hydrogen (secondary N) is 1. The van der Waals surface area contributed by atoms with Gasteiger partial charge in [0.2, 0.25) is 0 Å². The highest BCUT2D eigenvalue weighted by atomic mass is 32.1. The van der Waals surface area contributed by atoms with Crippen LogP contribution in [-0.4, -0.2) is 11.0 Å². The summed E-state index contributed by atoms with van der Waals surface area (Å²) in [6, 6.07) is 6.76. The van der Waals surface area contributed by atoms with Crippen LogP contribution in [0.25, 0.3) is 0 Å². The molecule has 1 aromatic heterocycles. The second-order valence-electron chi connectivity index (χ2n) is 5.01. The molecule has 0 radical (unpaired) electrons. The molecule has 20 heavy (non-hydrogen) atoms. The summed E-state index contributed by atoms with van der Waals surface area (Å²) in [4.78, 5) is 5.79. The van der Waals surface area contributed by atoms with Gasteiger partial charge in [-0.15, -0.1) is 11.3 Å². The molecule has 1 aliphatic rings. The molecule has 0 saturated heterocycles. The molecule has 1 fully saturated rings. The zero-order chi connectivity index (χ0) is 13.9. The van der Waals surface area contributed by atoms with E-state index in [0.29, 0.717) is 18.4 Å². The van der Waals surface area contributed by atoms with Gasteiger partial charge in [-0.05, 0) is 44.0 Å². The van der Waals surface area contributed by atoms with Gasteiger partial charge >= 0.3 is 0 Å². The number of hydrogen-bond donors (Lipinski definition) is 1. The van der Waals surface area contributed by atoms with Gasteiger partial charge in [0, 0.05) is 17.5 Å². The molecule has 1 saturated carbocycles. The second kappa shape index (κ2) is 5.89. The highest BCUT2D eigenvalue weighted by Gasteiger charge is 2.21. The Morgan fingerprint density at radius 2 is 2.10 bits per heavy atom. The lowest BCUT2D eigenvalue weighted by Gasteiger charge is -2.03. The number of rotatable bonds is 6. The number of nitrogens with zero attached hydrogens (tertiary/aromatic N) is 1. The normalized spacial score (nSPS) is 14.5. The highest BCUT2D eigenvalue weighted by molar-refractivity contribution is 7.11. The molecule has 106 valence electrons. The highest BCUT2D eigenvalue weighted by Crippen LogP contribution is 2.23. The monoisotopic (exact) mass is 292 g/mol. The molecule has 0 aliphatic heterocycles. The predicted molar refractivity (Wildman–Crippen MR) is 77.4 cm³/mol. The number of benzene rings is 1. The van der Waals surface area contributed by atoms with Crippen molar-refractivity contribution < 1.29 is 9.13 Å². The summed E-state index contributed by atoms with van der Waals surface area (Å²) in [7, 11) is 0. The minimum absolute atomic E-state index is 0.254. The Kier molecular flexibility index (Phi) is 3.98. The van der Waals surface area contributed by atoms with Crippen LogP contribution in [0.15, 0.2) is 24.3 Å². The maximum Gasteiger partial charge on any atom is 0.140 e. The summed E-state index contributed by atoms with van der Waals surface area (Å²) in [5, 5.41) is 4.45. The fourth-order valence-corrected chi connectivity index (χ4v) is 2.85. The van der Waals surface area contributed by atoms with E-state index in [1.807, 2.05) is 6.92 Å². The van der Waals surface area contributed by atoms with Crippen LogP contribution in [0.2, 0.25) is 0 Å². The van der Waals surface area contributed by atoms with Gasteiger partial charge in [-0.3, -0.25) is 0 Å². The van der Waals surface area contributed by atoms with Crippen molar-refractivity contribution in [1.29, 1.82) is 0 Å². The van der Waals surface area contributed by atoms with E-state index in [1.165, 1.54) is 29.9 Å². The van der Waals surface area contributed by atoms with E-state index >= 15 is 0 Å². The van der Waals surface area contributed by atoms with Gasteiger partial charge in [0.15, 0.2) is 0 Å². The third-order valence-corrected chi connectivity index (χ3v) is 4.37. The van der Waals surface area contributed by atoms with Crippen molar-refractivity contribution in [1.82, 2.24) is 10.3 Å². The van der Waals surface area contributed by atoms with Gasteiger partial charge in [0.05, 0.1) is 5.69 Å². The van der Waals surface area contributed by atoms with Crippen molar-refractivity contribution in [2.75, 3.05) is 0 Å². The van der Waals surface area contributed by atoms with Gasteiger partial charge in [-0.25, -0.2) is 9.37 Å². The molecule has 2 aromatic rings. The van der Waals surface area contributed by atoms with Crippen LogP contribution >= 0.6 is 11.3 Å². The maximum atomic E-state index is 12.8. The Balaban J connectivity index is 1.56. The first kappa shape index (κ1) is 13.5. The largest absolute Gasteiger partial charge is 0.486 e. The van der Waals surface area contributed by atoms with Crippen LogP contribution in [0.3, 0.4) is 0 Å². The van der Waals surface area contributed by atoms with Crippen molar-refractivity contribution in [3.05, 3.63) is 45.7 Å². The summed E-state index contributed by atoms with van der Waals surface area (Å²) in [5.74, 6) is 0.410. The SMILES string of the molecule is Cc1nc(COc2ccc(F)cc2)sc1CNC1CC1. The minimum atomic E-state index is -0.254. The lowest BCUT2D eigenvalue weighted by atomic mass is 10.3. The van der Waals surface area contributed by atoms with Crippen LogP contribution in [0.1, 0.15) is 28.4 Å². The third kappa shape index (κ3) is 3.55. The molecule has 0 amide bonds. The van der Waals surface area contributed by atoms with E-state index in [-0.39, 0.29) is 5.82 Å². The minimum Gasteiger partial charge on any atom is -0.486 e. The van der Waals surface area contributed by atoms with E-state index in [9.17, 15) is 4.39 Å². The average Bonchev–Trinajstić information content (AvgIpc) is 3.20. The van der Waals surface area contributed by atoms with Crippen LogP contribution < -0.4 is 10.1 Å². The summed E-state index contributed by atoms with van der Waals surface area (Å²) >= 11 is 1.68. The van der Waals surface area contributed by atoms with Gasteiger partial charge in [0.1, 0.15) is 23.2 Å². The number of ether oxygens (including phenoxy) is 1. The number of thiazole rings is 1. The molecular formula is C15H17FN2OS. The Morgan fingerprint density at radius 1 is 1.35 bits per heavy atom. The summed E-state index contributed by atoms with van der Waals surface area (Å²) in [6.07, 6.45) is 2.58. The van der Waals surface area contributed by atoms with Gasteiger partial charge in [-0.2, -0.15) is 0 Å². The number of hydrogen-bond acceptors (Lipinski definition) is 4. The summed E-state index contributed by atoms with van der Waals surface area (Å²) in [6.45, 7) is 3.35. The quantitative estimate of drug-likeness (QED) is 0.886. The third-order valence-electron chi connectivity index (χ3n) is 3.24. The number of halogens is 1. The lowest BCUT2D eigenvalue weighted by molar-refractivity contribution is 0.305. The molecule has 3 nitrogen and oxygen atoms in total. The molecule has 1 aromatic carbocycles. The van der Waals surface area contributed by atoms with E-state index in [4.69, 9.17) is 4.74 Å². The molecule has 0 unspecified atom stereocenters. The molecule has 1 heterocycles. The fraction of sp³-hybridized carbons (Fsp3) is 0.400. The first-order valence-electron chi connectivity index (χ1n) is 6.77. The lowest BCUT2D eigenvalue weighted by Crippen LogP contribution is -2.14. The zero-order valence-electron chi connectivity index (χ0n) is 11.4. The molecule has 1 N–H and O–H groups in total. The molecule has 1 aliphatic carbocycles. The predicted octanol–water partition coefficient (Wildman–Crippen LogP) is 3.42. The molecule has 0 atom stereocenters. The van der Waals surface area contributed by atoms with E-state index in [0.717, 1.165) is 17.2 Å². The van der Waals surface area contributed by atoms with Crippen molar-refractivity contribution in [3.8, 4) is 5.75 Å². The second-order valence-corrected chi connectivity index (χ2v) is 6.18. The van der Waals surface area contributed by atoms with Gasteiger partial charge < -0.3 is 10.1 Å². The zero-order valence-corrected chi connectivity index (χ0v) is 12.2. The Hall–Kier alpha value is -1.46. The molecular weight excluding hydrogens is 275 g/mol. The standard InChI is InChI=1S/C15H17FN2OS/c1-10-14(8-17-12-4-5-12)20-15(18-10)9-19-13-6-2-11(16)3-7-13/h2-3,6-7,12,17H,4-5,8-9H2,1H3. The van der Waals surface area contributed by atoms with E-state index in [2.05, 4.69) is 10.3 Å². The van der Waals surface area contributed by atoms with Crippen molar-refractivity contribution in [3.63, 3.8) is 0 Å².